The standard InChI is InChI=1S/C15H20N2O3S/c1-3-16-8-9-17(10-11(16)2)15(20)13-6-4-12(21-13)5-7-14(18)19/h4-7,11H,3,8-10H2,1-2H3,(H,18,19). The van der Waals surface area contributed by atoms with Gasteiger partial charge in [0.1, 0.15) is 0 Å². The first-order chi connectivity index (χ1) is 10.0. The van der Waals surface area contributed by atoms with Gasteiger partial charge in [0.25, 0.3) is 5.91 Å². The zero-order chi connectivity index (χ0) is 15.4. The third-order valence-corrected chi connectivity index (χ3v) is 4.72. The zero-order valence-corrected chi connectivity index (χ0v) is 13.1. The average Bonchev–Trinajstić information content (AvgIpc) is 2.93. The lowest BCUT2D eigenvalue weighted by Crippen LogP contribution is -2.53. The Hall–Kier alpha value is -1.66. The van der Waals surface area contributed by atoms with Gasteiger partial charge in [-0.3, -0.25) is 9.69 Å². The summed E-state index contributed by atoms with van der Waals surface area (Å²) in [7, 11) is 0. The molecule has 0 aliphatic carbocycles. The van der Waals surface area contributed by atoms with E-state index in [2.05, 4.69) is 18.7 Å². The lowest BCUT2D eigenvalue weighted by molar-refractivity contribution is -0.131. The van der Waals surface area contributed by atoms with E-state index >= 15 is 0 Å². The number of carboxylic acid groups (broad SMARTS) is 1. The van der Waals surface area contributed by atoms with Gasteiger partial charge in [0, 0.05) is 36.6 Å². The smallest absolute Gasteiger partial charge is 0.328 e. The molecule has 0 radical (unpaired) electrons. The summed E-state index contributed by atoms with van der Waals surface area (Å²) < 4.78 is 0. The molecular formula is C15H20N2O3S. The van der Waals surface area contributed by atoms with Crippen LogP contribution in [0.2, 0.25) is 0 Å². The first-order valence-corrected chi connectivity index (χ1v) is 7.87. The summed E-state index contributed by atoms with van der Waals surface area (Å²) in [4.78, 5) is 28.6. The van der Waals surface area contributed by atoms with Gasteiger partial charge >= 0.3 is 5.97 Å². The van der Waals surface area contributed by atoms with Gasteiger partial charge in [-0.15, -0.1) is 11.3 Å². The van der Waals surface area contributed by atoms with Crippen molar-refractivity contribution in [3.05, 3.63) is 28.0 Å². The fraction of sp³-hybridized carbons (Fsp3) is 0.467. The normalized spacial score (nSPS) is 20.1. The monoisotopic (exact) mass is 308 g/mol. The molecule has 21 heavy (non-hydrogen) atoms. The predicted octanol–water partition coefficient (Wildman–Crippen LogP) is 2.01. The number of amides is 1. The molecule has 0 spiro atoms. The van der Waals surface area contributed by atoms with Gasteiger partial charge in [0.2, 0.25) is 0 Å². The number of carbonyl (C=O) groups excluding carboxylic acids is 1. The Kier molecular flexibility index (Phi) is 5.14. The van der Waals surface area contributed by atoms with Crippen LogP contribution in [0.15, 0.2) is 18.2 Å². The molecular weight excluding hydrogens is 288 g/mol. The number of nitrogens with zero attached hydrogens (tertiary/aromatic N) is 2. The Morgan fingerprint density at radius 1 is 1.43 bits per heavy atom. The van der Waals surface area contributed by atoms with E-state index in [4.69, 9.17) is 5.11 Å². The van der Waals surface area contributed by atoms with Crippen molar-refractivity contribution in [2.24, 2.45) is 0 Å². The van der Waals surface area contributed by atoms with Gasteiger partial charge in [0.05, 0.1) is 4.88 Å². The van der Waals surface area contributed by atoms with Crippen molar-refractivity contribution >= 4 is 29.3 Å². The molecule has 6 heteroatoms. The summed E-state index contributed by atoms with van der Waals surface area (Å²) in [6.07, 6.45) is 2.60. The third-order valence-electron chi connectivity index (χ3n) is 3.69. The Bertz CT molecular complexity index is 553. The van der Waals surface area contributed by atoms with Gasteiger partial charge in [-0.25, -0.2) is 4.79 Å². The number of rotatable bonds is 4. The molecule has 1 N–H and O–H groups in total. The highest BCUT2D eigenvalue weighted by Crippen LogP contribution is 2.21. The number of hydrogen-bond acceptors (Lipinski definition) is 4. The number of aliphatic carboxylic acids is 1. The molecule has 0 aromatic carbocycles. The highest BCUT2D eigenvalue weighted by molar-refractivity contribution is 7.14. The van der Waals surface area contributed by atoms with Crippen molar-refractivity contribution < 1.29 is 14.7 Å². The molecule has 1 atom stereocenters. The molecule has 0 bridgehead atoms. The number of piperazine rings is 1. The molecule has 1 aromatic rings. The van der Waals surface area contributed by atoms with Crippen LogP contribution in [-0.4, -0.2) is 59.0 Å². The van der Waals surface area contributed by atoms with Crippen LogP contribution >= 0.6 is 11.3 Å². The largest absolute Gasteiger partial charge is 0.478 e. The highest BCUT2D eigenvalue weighted by atomic mass is 32.1. The molecule has 1 unspecified atom stereocenters. The fourth-order valence-electron chi connectivity index (χ4n) is 2.52. The van der Waals surface area contributed by atoms with E-state index in [-0.39, 0.29) is 5.91 Å². The molecule has 1 amide bonds. The molecule has 114 valence electrons. The number of hydrogen-bond donors (Lipinski definition) is 1. The van der Waals surface area contributed by atoms with E-state index in [1.807, 2.05) is 4.90 Å². The topological polar surface area (TPSA) is 60.9 Å². The molecule has 2 rings (SSSR count). The first-order valence-electron chi connectivity index (χ1n) is 7.05. The zero-order valence-electron chi connectivity index (χ0n) is 12.3. The van der Waals surface area contributed by atoms with Crippen LogP contribution in [0.25, 0.3) is 6.08 Å². The summed E-state index contributed by atoms with van der Waals surface area (Å²) in [6.45, 7) is 7.67. The maximum Gasteiger partial charge on any atom is 0.328 e. The first kappa shape index (κ1) is 15.7. The van der Waals surface area contributed by atoms with Gasteiger partial charge in [-0.2, -0.15) is 0 Å². The summed E-state index contributed by atoms with van der Waals surface area (Å²) >= 11 is 1.33. The van der Waals surface area contributed by atoms with Crippen molar-refractivity contribution in [1.82, 2.24) is 9.80 Å². The highest BCUT2D eigenvalue weighted by Gasteiger charge is 2.26. The van der Waals surface area contributed by atoms with Crippen LogP contribution in [-0.2, 0) is 4.79 Å². The molecule has 2 heterocycles. The Morgan fingerprint density at radius 3 is 2.81 bits per heavy atom. The molecule has 5 nitrogen and oxygen atoms in total. The van der Waals surface area contributed by atoms with Crippen LogP contribution in [0, 0.1) is 0 Å². The average molecular weight is 308 g/mol. The minimum Gasteiger partial charge on any atom is -0.478 e. The molecule has 1 aliphatic heterocycles. The Morgan fingerprint density at radius 2 is 2.19 bits per heavy atom. The van der Waals surface area contributed by atoms with Gasteiger partial charge in [-0.05, 0) is 31.7 Å². The molecule has 1 fully saturated rings. The molecule has 0 saturated carbocycles. The van der Waals surface area contributed by atoms with Crippen LogP contribution in [0.1, 0.15) is 28.4 Å². The minimum absolute atomic E-state index is 0.0394. The van der Waals surface area contributed by atoms with Crippen molar-refractivity contribution in [3.8, 4) is 0 Å². The molecule has 1 saturated heterocycles. The van der Waals surface area contributed by atoms with Crippen LogP contribution < -0.4 is 0 Å². The third kappa shape index (κ3) is 3.92. The van der Waals surface area contributed by atoms with E-state index < -0.39 is 5.97 Å². The van der Waals surface area contributed by atoms with E-state index in [1.165, 1.54) is 17.4 Å². The van der Waals surface area contributed by atoms with Crippen molar-refractivity contribution in [2.75, 3.05) is 26.2 Å². The number of carbonyl (C=O) groups is 2. The minimum atomic E-state index is -0.985. The van der Waals surface area contributed by atoms with Crippen molar-refractivity contribution in [1.29, 1.82) is 0 Å². The fourth-order valence-corrected chi connectivity index (χ4v) is 3.39. The van der Waals surface area contributed by atoms with E-state index in [9.17, 15) is 9.59 Å². The number of carboxylic acids is 1. The Labute approximate surface area is 128 Å². The van der Waals surface area contributed by atoms with Gasteiger partial charge in [0.15, 0.2) is 0 Å². The predicted molar refractivity (Wildman–Crippen MR) is 83.6 cm³/mol. The quantitative estimate of drug-likeness (QED) is 0.864. The number of likely N-dealkylation sites (N-methyl/N-ethyl adjacent to an activating group) is 1. The maximum atomic E-state index is 12.5. The lowest BCUT2D eigenvalue weighted by Gasteiger charge is -2.39. The molecule has 1 aliphatic rings. The SMILES string of the molecule is CCN1CCN(C(=O)c2ccc(C=CC(=O)O)s2)CC1C. The van der Waals surface area contributed by atoms with Crippen LogP contribution in [0.4, 0.5) is 0 Å². The summed E-state index contributed by atoms with van der Waals surface area (Å²) in [5.41, 5.74) is 0. The van der Waals surface area contributed by atoms with E-state index in [0.717, 1.165) is 37.1 Å². The van der Waals surface area contributed by atoms with Crippen molar-refractivity contribution in [3.63, 3.8) is 0 Å². The second-order valence-electron chi connectivity index (χ2n) is 5.10. The van der Waals surface area contributed by atoms with E-state index in [1.54, 1.807) is 12.1 Å². The second kappa shape index (κ2) is 6.87. The van der Waals surface area contributed by atoms with E-state index in [0.29, 0.717) is 10.9 Å². The van der Waals surface area contributed by atoms with Crippen LogP contribution in [0.3, 0.4) is 0 Å². The number of thiophene rings is 1. The maximum absolute atomic E-state index is 12.5. The Balaban J connectivity index is 2.02. The molecule has 1 aromatic heterocycles. The summed E-state index contributed by atoms with van der Waals surface area (Å²) in [5, 5.41) is 8.61. The van der Waals surface area contributed by atoms with Crippen LogP contribution in [0.5, 0.6) is 0 Å². The lowest BCUT2D eigenvalue weighted by atomic mass is 10.2. The summed E-state index contributed by atoms with van der Waals surface area (Å²) in [6, 6.07) is 3.92. The van der Waals surface area contributed by atoms with Crippen molar-refractivity contribution in [2.45, 2.75) is 19.9 Å². The van der Waals surface area contributed by atoms with Gasteiger partial charge in [-0.1, -0.05) is 6.92 Å². The van der Waals surface area contributed by atoms with Gasteiger partial charge < -0.3 is 10.0 Å². The summed E-state index contributed by atoms with van der Waals surface area (Å²) in [5.74, 6) is -0.946. The second-order valence-corrected chi connectivity index (χ2v) is 6.22.